The van der Waals surface area contributed by atoms with Crippen molar-refractivity contribution in [3.8, 4) is 17.2 Å². The lowest BCUT2D eigenvalue weighted by molar-refractivity contribution is 0.136. The summed E-state index contributed by atoms with van der Waals surface area (Å²) in [5, 5.41) is 8.97. The van der Waals surface area contributed by atoms with E-state index in [0.29, 0.717) is 35.6 Å². The van der Waals surface area contributed by atoms with Crippen LogP contribution >= 0.6 is 11.6 Å². The van der Waals surface area contributed by atoms with Crippen LogP contribution in [0, 0.1) is 0 Å². The fourth-order valence-electron chi connectivity index (χ4n) is 2.99. The van der Waals surface area contributed by atoms with Crippen LogP contribution in [0.2, 0.25) is 5.02 Å². The predicted octanol–water partition coefficient (Wildman–Crippen LogP) is 4.16. The number of nitrogens with zero attached hydrogens (tertiary/aromatic N) is 4. The average Bonchev–Trinajstić information content (AvgIpc) is 3.20. The van der Waals surface area contributed by atoms with E-state index in [-0.39, 0.29) is 12.0 Å². The highest BCUT2D eigenvalue weighted by molar-refractivity contribution is 6.30. The number of likely N-dealkylation sites (tertiary alicyclic amines) is 1. The molecule has 0 radical (unpaired) electrons. The Balaban J connectivity index is 1.35. The van der Waals surface area contributed by atoms with Crippen LogP contribution in [0.5, 0.6) is 5.75 Å². The van der Waals surface area contributed by atoms with Gasteiger partial charge >= 0.3 is 6.09 Å². The molecule has 0 unspecified atom stereocenters. The molecule has 1 fully saturated rings. The first kappa shape index (κ1) is 17.5. The summed E-state index contributed by atoms with van der Waals surface area (Å²) in [6.45, 7) is 1.14. The van der Waals surface area contributed by atoms with Gasteiger partial charge in [0.05, 0.1) is 6.20 Å². The molecule has 0 atom stereocenters. The van der Waals surface area contributed by atoms with Gasteiger partial charge in [0.1, 0.15) is 0 Å². The van der Waals surface area contributed by atoms with Crippen LogP contribution < -0.4 is 4.74 Å². The lowest BCUT2D eigenvalue weighted by Gasteiger charge is -2.29. The van der Waals surface area contributed by atoms with Crippen molar-refractivity contribution in [1.82, 2.24) is 20.1 Å². The third-order valence-electron chi connectivity index (χ3n) is 4.47. The molecule has 3 heterocycles. The van der Waals surface area contributed by atoms with E-state index in [2.05, 4.69) is 15.2 Å². The lowest BCUT2D eigenvalue weighted by Crippen LogP contribution is -2.39. The Kier molecular flexibility index (Phi) is 5.02. The summed E-state index contributed by atoms with van der Waals surface area (Å²) in [4.78, 5) is 17.9. The van der Waals surface area contributed by atoms with Crippen LogP contribution in [-0.4, -0.2) is 39.3 Å². The molecule has 1 aliphatic rings. The molecule has 1 saturated heterocycles. The third-order valence-corrected chi connectivity index (χ3v) is 4.73. The van der Waals surface area contributed by atoms with Gasteiger partial charge in [-0.25, -0.2) is 4.79 Å². The Morgan fingerprint density at radius 1 is 1.15 bits per heavy atom. The van der Waals surface area contributed by atoms with Gasteiger partial charge in [-0.2, -0.15) is 0 Å². The van der Waals surface area contributed by atoms with E-state index in [1.165, 1.54) is 6.20 Å². The second-order valence-electron chi connectivity index (χ2n) is 6.27. The maximum atomic E-state index is 12.2. The molecule has 0 bridgehead atoms. The van der Waals surface area contributed by atoms with Gasteiger partial charge < -0.3 is 14.1 Å². The molecule has 0 aliphatic carbocycles. The van der Waals surface area contributed by atoms with Crippen LogP contribution in [-0.2, 0) is 0 Å². The molecule has 27 heavy (non-hydrogen) atoms. The van der Waals surface area contributed by atoms with Gasteiger partial charge in [-0.3, -0.25) is 4.98 Å². The first-order chi connectivity index (χ1) is 13.2. The number of aromatic nitrogens is 3. The summed E-state index contributed by atoms with van der Waals surface area (Å²) in [7, 11) is 0. The van der Waals surface area contributed by atoms with Crippen molar-refractivity contribution < 1.29 is 13.9 Å². The van der Waals surface area contributed by atoms with Crippen LogP contribution in [0.4, 0.5) is 4.79 Å². The number of pyridine rings is 1. The first-order valence-corrected chi connectivity index (χ1v) is 9.03. The molecule has 7 nitrogen and oxygen atoms in total. The van der Waals surface area contributed by atoms with Crippen molar-refractivity contribution >= 4 is 17.7 Å². The standard InChI is InChI=1S/C19H17ClN4O3/c20-15-5-3-13(4-6-15)17-22-23-18(27-17)14-7-10-24(11-8-14)19(25)26-16-2-1-9-21-12-16/h1-6,9,12,14H,7-8,10-11H2. The van der Waals surface area contributed by atoms with Gasteiger partial charge in [-0.15, -0.1) is 10.2 Å². The molecular weight excluding hydrogens is 368 g/mol. The monoisotopic (exact) mass is 384 g/mol. The average molecular weight is 385 g/mol. The highest BCUT2D eigenvalue weighted by Gasteiger charge is 2.28. The van der Waals surface area contributed by atoms with Gasteiger partial charge in [-0.05, 0) is 49.2 Å². The molecule has 1 aromatic carbocycles. The molecule has 4 rings (SSSR count). The Morgan fingerprint density at radius 2 is 1.93 bits per heavy atom. The first-order valence-electron chi connectivity index (χ1n) is 8.65. The van der Waals surface area contributed by atoms with E-state index >= 15 is 0 Å². The highest BCUT2D eigenvalue weighted by atomic mass is 35.5. The molecule has 1 aliphatic heterocycles. The quantitative estimate of drug-likeness (QED) is 0.674. The largest absolute Gasteiger partial charge is 0.420 e. The van der Waals surface area contributed by atoms with Crippen molar-refractivity contribution in [3.63, 3.8) is 0 Å². The zero-order chi connectivity index (χ0) is 18.6. The summed E-state index contributed by atoms with van der Waals surface area (Å²) in [6.07, 6.45) is 4.26. The fraction of sp³-hybridized carbons (Fsp3) is 0.263. The molecule has 0 N–H and O–H groups in total. The maximum absolute atomic E-state index is 12.2. The van der Waals surface area contributed by atoms with E-state index in [1.807, 2.05) is 12.1 Å². The number of carbonyl (C=O) groups excluding carboxylic acids is 1. The number of amides is 1. The van der Waals surface area contributed by atoms with Crippen LogP contribution in [0.15, 0.2) is 53.2 Å². The normalized spacial score (nSPS) is 14.9. The second kappa shape index (κ2) is 7.75. The number of halogens is 1. The molecule has 0 saturated carbocycles. The Bertz CT molecular complexity index is 906. The van der Waals surface area contributed by atoms with E-state index in [1.54, 1.807) is 35.4 Å². The molecule has 2 aromatic heterocycles. The summed E-state index contributed by atoms with van der Waals surface area (Å²) in [6, 6.07) is 10.7. The zero-order valence-corrected chi connectivity index (χ0v) is 15.2. The maximum Gasteiger partial charge on any atom is 0.415 e. The van der Waals surface area contributed by atoms with Gasteiger partial charge in [0.2, 0.25) is 11.8 Å². The van der Waals surface area contributed by atoms with Gasteiger partial charge in [0.15, 0.2) is 5.75 Å². The number of benzene rings is 1. The number of rotatable bonds is 3. The third kappa shape index (κ3) is 4.09. The number of carbonyl (C=O) groups is 1. The van der Waals surface area contributed by atoms with Crippen LogP contribution in [0.25, 0.3) is 11.5 Å². The minimum absolute atomic E-state index is 0.126. The van der Waals surface area contributed by atoms with E-state index in [9.17, 15) is 4.79 Å². The van der Waals surface area contributed by atoms with Crippen LogP contribution in [0.3, 0.4) is 0 Å². The SMILES string of the molecule is O=C(Oc1cccnc1)N1CCC(c2nnc(-c3ccc(Cl)cc3)o2)CC1. The topological polar surface area (TPSA) is 81.4 Å². The zero-order valence-electron chi connectivity index (χ0n) is 14.4. The second-order valence-corrected chi connectivity index (χ2v) is 6.71. The van der Waals surface area contributed by atoms with Gasteiger partial charge in [0, 0.05) is 35.8 Å². The Hall–Kier alpha value is -2.93. The molecule has 0 spiro atoms. The summed E-state index contributed by atoms with van der Waals surface area (Å²) < 4.78 is 11.2. The molecule has 3 aromatic rings. The highest BCUT2D eigenvalue weighted by Crippen LogP contribution is 2.30. The number of ether oxygens (including phenoxy) is 1. The van der Waals surface area contributed by atoms with Crippen molar-refractivity contribution in [3.05, 3.63) is 59.7 Å². The Labute approximate surface area is 160 Å². The Morgan fingerprint density at radius 3 is 2.63 bits per heavy atom. The van der Waals surface area contributed by atoms with Crippen LogP contribution in [0.1, 0.15) is 24.7 Å². The minimum atomic E-state index is -0.367. The van der Waals surface area contributed by atoms with Crippen molar-refractivity contribution in [2.24, 2.45) is 0 Å². The number of hydrogen-bond donors (Lipinski definition) is 0. The van der Waals surface area contributed by atoms with Crippen molar-refractivity contribution in [2.75, 3.05) is 13.1 Å². The van der Waals surface area contributed by atoms with Gasteiger partial charge in [-0.1, -0.05) is 11.6 Å². The van der Waals surface area contributed by atoms with E-state index in [0.717, 1.165) is 18.4 Å². The molecule has 8 heteroatoms. The van der Waals surface area contributed by atoms with Crippen molar-refractivity contribution in [1.29, 1.82) is 0 Å². The predicted molar refractivity (Wildman–Crippen MR) is 98.6 cm³/mol. The van der Waals surface area contributed by atoms with E-state index in [4.69, 9.17) is 20.8 Å². The molecule has 1 amide bonds. The summed E-state index contributed by atoms with van der Waals surface area (Å²) in [5.74, 6) is 1.63. The summed E-state index contributed by atoms with van der Waals surface area (Å²) in [5.41, 5.74) is 0.829. The molecular formula is C19H17ClN4O3. The van der Waals surface area contributed by atoms with E-state index < -0.39 is 0 Å². The number of piperidine rings is 1. The number of hydrogen-bond acceptors (Lipinski definition) is 6. The minimum Gasteiger partial charge on any atom is -0.420 e. The van der Waals surface area contributed by atoms with Gasteiger partial charge in [0.25, 0.3) is 0 Å². The fourth-order valence-corrected chi connectivity index (χ4v) is 3.12. The van der Waals surface area contributed by atoms with Crippen molar-refractivity contribution in [2.45, 2.75) is 18.8 Å². The lowest BCUT2D eigenvalue weighted by atomic mass is 9.97. The smallest absolute Gasteiger partial charge is 0.415 e. The summed E-state index contributed by atoms with van der Waals surface area (Å²) >= 11 is 5.90. The molecule has 138 valence electrons.